The van der Waals surface area contributed by atoms with Gasteiger partial charge in [-0.2, -0.15) is 0 Å². The quantitative estimate of drug-likeness (QED) is 0.191. The van der Waals surface area contributed by atoms with E-state index >= 15 is 0 Å². The normalized spacial score (nSPS) is 21.5. The average molecular weight is 574 g/mol. The minimum absolute atomic E-state index is 0.0730. The third-order valence-electron chi connectivity index (χ3n) is 9.59. The molecule has 42 heavy (non-hydrogen) atoms. The number of benzene rings is 2. The van der Waals surface area contributed by atoms with E-state index in [1.165, 1.54) is 6.92 Å². The van der Waals surface area contributed by atoms with Crippen LogP contribution < -0.4 is 5.32 Å². The van der Waals surface area contributed by atoms with E-state index in [1.54, 1.807) is 0 Å². The van der Waals surface area contributed by atoms with Crippen molar-refractivity contribution in [3.63, 3.8) is 0 Å². The van der Waals surface area contributed by atoms with Gasteiger partial charge in [0.1, 0.15) is 5.71 Å². The van der Waals surface area contributed by atoms with Crippen LogP contribution in [0.15, 0.2) is 41.6 Å². The molecule has 1 unspecified atom stereocenters. The average Bonchev–Trinajstić information content (AvgIpc) is 3.26. The largest absolute Gasteiger partial charge is 0.379 e. The summed E-state index contributed by atoms with van der Waals surface area (Å²) < 4.78 is 5.52. The van der Waals surface area contributed by atoms with Crippen LogP contribution in [0, 0.1) is 5.92 Å². The second-order valence-electron chi connectivity index (χ2n) is 12.5. The molecular weight excluding hydrogens is 530 g/mol. The molecule has 2 aliphatic heterocycles. The Morgan fingerprint density at radius 2 is 1.62 bits per heavy atom. The standard InChI is InChI=1S/C34H43N3O5/c1-6-34(5)28-9-7-24(31(39)30(36-42-22(2)38)19-23-11-13-35-14-12-23)20-26(28)27-21-25(8-10-29(27)34)32(40)33(3,4)37-15-17-41-18-16-37/h7-10,20-21,23,35H,6,11-19H2,1-5H3/b36-30+. The van der Waals surface area contributed by atoms with Crippen LogP contribution in [0.2, 0.25) is 0 Å². The van der Waals surface area contributed by atoms with Gasteiger partial charge >= 0.3 is 5.97 Å². The highest BCUT2D eigenvalue weighted by molar-refractivity contribution is 6.46. The number of ether oxygens (including phenoxy) is 1. The lowest BCUT2D eigenvalue weighted by atomic mass is 9.77. The molecule has 2 heterocycles. The lowest BCUT2D eigenvalue weighted by Gasteiger charge is -2.39. The van der Waals surface area contributed by atoms with Gasteiger partial charge in [-0.3, -0.25) is 14.5 Å². The highest BCUT2D eigenvalue weighted by atomic mass is 16.7. The van der Waals surface area contributed by atoms with Gasteiger partial charge in [0.25, 0.3) is 0 Å². The smallest absolute Gasteiger partial charge is 0.331 e. The van der Waals surface area contributed by atoms with Crippen molar-refractivity contribution in [3.05, 3.63) is 58.7 Å². The fraction of sp³-hybridized carbons (Fsp3) is 0.529. The molecule has 0 spiro atoms. The number of fused-ring (bicyclic) bond motifs is 3. The molecule has 0 aromatic heterocycles. The van der Waals surface area contributed by atoms with Crippen molar-refractivity contribution in [2.75, 3.05) is 39.4 Å². The summed E-state index contributed by atoms with van der Waals surface area (Å²) in [4.78, 5) is 46.5. The van der Waals surface area contributed by atoms with E-state index in [0.29, 0.717) is 36.7 Å². The van der Waals surface area contributed by atoms with Crippen LogP contribution in [0.5, 0.6) is 0 Å². The number of morpholine rings is 1. The monoisotopic (exact) mass is 573 g/mol. The molecule has 1 aliphatic carbocycles. The van der Waals surface area contributed by atoms with E-state index < -0.39 is 11.5 Å². The fourth-order valence-electron chi connectivity index (χ4n) is 6.74. The Balaban J connectivity index is 1.51. The summed E-state index contributed by atoms with van der Waals surface area (Å²) in [5.74, 6) is -0.412. The van der Waals surface area contributed by atoms with E-state index in [1.807, 2.05) is 44.2 Å². The number of ketones is 2. The highest BCUT2D eigenvalue weighted by Gasteiger charge is 2.41. The van der Waals surface area contributed by atoms with Gasteiger partial charge in [0.15, 0.2) is 5.78 Å². The zero-order valence-electron chi connectivity index (χ0n) is 25.5. The van der Waals surface area contributed by atoms with E-state index in [2.05, 4.69) is 35.3 Å². The molecule has 3 aliphatic rings. The molecule has 2 saturated heterocycles. The maximum absolute atomic E-state index is 13.9. The SMILES string of the molecule is CCC1(C)c2ccc(C(=O)/C(CC3CCNCC3)=N/OC(C)=O)cc2-c2cc(C(=O)C(C)(C)N3CCOCC3)ccc21. The number of nitrogens with one attached hydrogen (secondary N) is 1. The van der Waals surface area contributed by atoms with Crippen LogP contribution in [0.1, 0.15) is 92.1 Å². The highest BCUT2D eigenvalue weighted by Crippen LogP contribution is 2.51. The second kappa shape index (κ2) is 12.2. The predicted octanol–water partition coefficient (Wildman–Crippen LogP) is 5.17. The zero-order chi connectivity index (χ0) is 30.1. The predicted molar refractivity (Wildman–Crippen MR) is 163 cm³/mol. The third-order valence-corrected chi connectivity index (χ3v) is 9.59. The fourth-order valence-corrected chi connectivity index (χ4v) is 6.74. The van der Waals surface area contributed by atoms with Crippen molar-refractivity contribution in [1.29, 1.82) is 0 Å². The van der Waals surface area contributed by atoms with Crippen molar-refractivity contribution in [2.24, 2.45) is 11.1 Å². The summed E-state index contributed by atoms with van der Waals surface area (Å²) in [5.41, 5.74) is 4.79. The van der Waals surface area contributed by atoms with Crippen molar-refractivity contribution >= 4 is 23.2 Å². The first-order valence-electron chi connectivity index (χ1n) is 15.2. The number of piperidine rings is 1. The van der Waals surface area contributed by atoms with Crippen LogP contribution in [0.3, 0.4) is 0 Å². The van der Waals surface area contributed by atoms with Crippen molar-refractivity contribution < 1.29 is 24.0 Å². The minimum atomic E-state index is -0.665. The molecule has 0 saturated carbocycles. The number of oxime groups is 1. The molecule has 2 aromatic rings. The zero-order valence-corrected chi connectivity index (χ0v) is 25.5. The van der Waals surface area contributed by atoms with Crippen molar-refractivity contribution in [1.82, 2.24) is 10.2 Å². The summed E-state index contributed by atoms with van der Waals surface area (Å²) in [6.45, 7) is 14.1. The summed E-state index contributed by atoms with van der Waals surface area (Å²) in [6.07, 6.45) is 3.22. The van der Waals surface area contributed by atoms with Crippen LogP contribution in [-0.2, 0) is 19.8 Å². The molecule has 1 N–H and O–H groups in total. The van der Waals surface area contributed by atoms with Crippen LogP contribution >= 0.6 is 0 Å². The molecule has 0 amide bonds. The van der Waals surface area contributed by atoms with Gasteiger partial charge < -0.3 is 14.9 Å². The molecule has 2 aromatic carbocycles. The first-order valence-corrected chi connectivity index (χ1v) is 15.2. The topological polar surface area (TPSA) is 97.3 Å². The Labute approximate surface area is 248 Å². The Morgan fingerprint density at radius 1 is 1.02 bits per heavy atom. The van der Waals surface area contributed by atoms with Gasteiger partial charge in [0, 0.05) is 36.6 Å². The van der Waals surface area contributed by atoms with Gasteiger partial charge in [-0.05, 0) is 92.9 Å². The Hall–Kier alpha value is -3.20. The molecular formula is C34H43N3O5. The van der Waals surface area contributed by atoms with Crippen molar-refractivity contribution in [2.45, 2.75) is 71.3 Å². The number of hydrogen-bond acceptors (Lipinski definition) is 8. The van der Waals surface area contributed by atoms with E-state index in [4.69, 9.17) is 9.57 Å². The Kier molecular flexibility index (Phi) is 8.78. The van der Waals surface area contributed by atoms with Gasteiger partial charge in [-0.1, -0.05) is 43.3 Å². The lowest BCUT2D eigenvalue weighted by molar-refractivity contribution is -0.140. The molecule has 2 fully saturated rings. The van der Waals surface area contributed by atoms with Gasteiger partial charge in [0.2, 0.25) is 5.78 Å². The van der Waals surface area contributed by atoms with E-state index in [9.17, 15) is 14.4 Å². The second-order valence-corrected chi connectivity index (χ2v) is 12.5. The van der Waals surface area contributed by atoms with Gasteiger partial charge in [-0.15, -0.1) is 0 Å². The maximum Gasteiger partial charge on any atom is 0.331 e. The maximum atomic E-state index is 13.9. The molecule has 8 nitrogen and oxygen atoms in total. The third kappa shape index (κ3) is 5.72. The Morgan fingerprint density at radius 3 is 2.21 bits per heavy atom. The first kappa shape index (κ1) is 30.3. The molecule has 1 atom stereocenters. The number of Topliss-reactive ketones (excluding diaryl/α,β-unsaturated/α-hetero) is 2. The first-order chi connectivity index (χ1) is 20.1. The summed E-state index contributed by atoms with van der Waals surface area (Å²) in [7, 11) is 0. The summed E-state index contributed by atoms with van der Waals surface area (Å²) >= 11 is 0. The summed E-state index contributed by atoms with van der Waals surface area (Å²) in [6, 6.07) is 11.9. The van der Waals surface area contributed by atoms with E-state index in [0.717, 1.165) is 67.7 Å². The van der Waals surface area contributed by atoms with Crippen LogP contribution in [0.4, 0.5) is 0 Å². The number of carbonyl (C=O) groups excluding carboxylic acids is 3. The van der Waals surface area contributed by atoms with E-state index in [-0.39, 0.29) is 22.7 Å². The van der Waals surface area contributed by atoms with Gasteiger partial charge in [0.05, 0.1) is 18.8 Å². The number of carbonyl (C=O) groups is 3. The number of hydrogen-bond donors (Lipinski definition) is 1. The molecule has 5 rings (SSSR count). The number of rotatable bonds is 9. The molecule has 0 bridgehead atoms. The number of nitrogens with zero attached hydrogens (tertiary/aromatic N) is 2. The van der Waals surface area contributed by atoms with Gasteiger partial charge in [-0.25, -0.2) is 4.79 Å². The molecule has 8 heteroatoms. The molecule has 0 radical (unpaired) electrons. The molecule has 224 valence electrons. The van der Waals surface area contributed by atoms with Crippen molar-refractivity contribution in [3.8, 4) is 11.1 Å². The van der Waals surface area contributed by atoms with Crippen LogP contribution in [-0.4, -0.2) is 73.1 Å². The minimum Gasteiger partial charge on any atom is -0.379 e. The Bertz CT molecular complexity index is 1400. The lowest BCUT2D eigenvalue weighted by Crippen LogP contribution is -2.54. The van der Waals surface area contributed by atoms with Crippen LogP contribution in [0.25, 0.3) is 11.1 Å². The summed E-state index contributed by atoms with van der Waals surface area (Å²) in [5, 5.41) is 7.37.